The molecule has 0 amide bonds. The van der Waals surface area contributed by atoms with Crippen molar-refractivity contribution in [2.24, 2.45) is 5.41 Å². The zero-order chi connectivity index (χ0) is 14.8. The fourth-order valence-corrected chi connectivity index (χ4v) is 3.28. The Labute approximate surface area is 121 Å². The summed E-state index contributed by atoms with van der Waals surface area (Å²) in [5.41, 5.74) is -0.593. The van der Waals surface area contributed by atoms with Crippen LogP contribution in [0.25, 0.3) is 0 Å². The summed E-state index contributed by atoms with van der Waals surface area (Å²) in [5.74, 6) is -0.671. The van der Waals surface area contributed by atoms with Gasteiger partial charge in [-0.3, -0.25) is 14.6 Å². The van der Waals surface area contributed by atoms with E-state index in [1.54, 1.807) is 0 Å². The van der Waals surface area contributed by atoms with Crippen LogP contribution in [-0.2, 0) is 9.53 Å². The van der Waals surface area contributed by atoms with Gasteiger partial charge in [0, 0.05) is 32.2 Å². The minimum Gasteiger partial charge on any atom is -0.481 e. The monoisotopic (exact) mass is 284 g/mol. The van der Waals surface area contributed by atoms with Crippen molar-refractivity contribution < 1.29 is 14.6 Å². The number of hydrogen-bond acceptors (Lipinski definition) is 4. The molecule has 5 nitrogen and oxygen atoms in total. The van der Waals surface area contributed by atoms with Crippen LogP contribution >= 0.6 is 0 Å². The SMILES string of the molecule is CC(C)N1CCOC(CN2CCCC(C)(C(=O)O)C2)C1. The molecule has 116 valence electrons. The van der Waals surface area contributed by atoms with E-state index in [-0.39, 0.29) is 6.10 Å². The average Bonchev–Trinajstić information content (AvgIpc) is 2.39. The molecule has 2 saturated heterocycles. The lowest BCUT2D eigenvalue weighted by Crippen LogP contribution is -2.53. The van der Waals surface area contributed by atoms with Crippen molar-refractivity contribution in [2.45, 2.75) is 45.8 Å². The van der Waals surface area contributed by atoms with E-state index >= 15 is 0 Å². The number of aliphatic carboxylic acids is 1. The van der Waals surface area contributed by atoms with E-state index in [2.05, 4.69) is 23.6 Å². The first kappa shape index (κ1) is 15.7. The highest BCUT2D eigenvalue weighted by Crippen LogP contribution is 2.30. The predicted molar refractivity (Wildman–Crippen MR) is 77.9 cm³/mol. The van der Waals surface area contributed by atoms with Crippen molar-refractivity contribution in [1.29, 1.82) is 0 Å². The summed E-state index contributed by atoms with van der Waals surface area (Å²) in [7, 11) is 0. The van der Waals surface area contributed by atoms with Crippen LogP contribution < -0.4 is 0 Å². The van der Waals surface area contributed by atoms with Crippen molar-refractivity contribution in [3.63, 3.8) is 0 Å². The fraction of sp³-hybridized carbons (Fsp3) is 0.933. The number of likely N-dealkylation sites (tertiary alicyclic amines) is 1. The molecule has 0 spiro atoms. The molecule has 0 aromatic rings. The summed E-state index contributed by atoms with van der Waals surface area (Å²) in [6.07, 6.45) is 1.95. The number of morpholine rings is 1. The third kappa shape index (κ3) is 3.71. The standard InChI is InChI=1S/C15H28N2O3/c1-12(2)17-7-8-20-13(10-17)9-16-6-4-5-15(3,11-16)14(18)19/h12-13H,4-11H2,1-3H3,(H,18,19). The minimum absolute atomic E-state index is 0.210. The van der Waals surface area contributed by atoms with Crippen molar-refractivity contribution in [1.82, 2.24) is 9.80 Å². The van der Waals surface area contributed by atoms with E-state index < -0.39 is 11.4 Å². The molecule has 0 radical (unpaired) electrons. The van der Waals surface area contributed by atoms with E-state index in [1.807, 2.05) is 6.92 Å². The maximum atomic E-state index is 11.4. The summed E-state index contributed by atoms with van der Waals surface area (Å²) < 4.78 is 5.86. The number of carboxylic acids is 1. The molecule has 20 heavy (non-hydrogen) atoms. The Morgan fingerprint density at radius 3 is 2.85 bits per heavy atom. The third-order valence-electron chi connectivity index (χ3n) is 4.65. The molecule has 0 aromatic heterocycles. The summed E-state index contributed by atoms with van der Waals surface area (Å²) in [6.45, 7) is 11.5. The number of piperidine rings is 1. The number of ether oxygens (including phenoxy) is 1. The summed E-state index contributed by atoms with van der Waals surface area (Å²) in [6, 6.07) is 0.548. The second-order valence-electron chi connectivity index (χ2n) is 6.79. The largest absolute Gasteiger partial charge is 0.481 e. The van der Waals surface area contributed by atoms with Gasteiger partial charge in [0.1, 0.15) is 0 Å². The minimum atomic E-state index is -0.671. The van der Waals surface area contributed by atoms with Gasteiger partial charge in [0.15, 0.2) is 0 Å². The lowest BCUT2D eigenvalue weighted by Gasteiger charge is -2.41. The van der Waals surface area contributed by atoms with Gasteiger partial charge in [-0.15, -0.1) is 0 Å². The van der Waals surface area contributed by atoms with Crippen molar-refractivity contribution in [3.8, 4) is 0 Å². The third-order valence-corrected chi connectivity index (χ3v) is 4.65. The van der Waals surface area contributed by atoms with Gasteiger partial charge in [0.2, 0.25) is 0 Å². The molecule has 2 heterocycles. The zero-order valence-electron chi connectivity index (χ0n) is 13.0. The topological polar surface area (TPSA) is 53.0 Å². The van der Waals surface area contributed by atoms with Gasteiger partial charge in [0.25, 0.3) is 0 Å². The molecule has 0 aliphatic carbocycles. The van der Waals surface area contributed by atoms with Crippen LogP contribution in [-0.4, -0.2) is 72.4 Å². The molecule has 0 bridgehead atoms. The first-order valence-corrected chi connectivity index (χ1v) is 7.72. The van der Waals surface area contributed by atoms with E-state index in [0.29, 0.717) is 12.6 Å². The second kappa shape index (κ2) is 6.41. The number of hydrogen-bond donors (Lipinski definition) is 1. The Morgan fingerprint density at radius 2 is 2.20 bits per heavy atom. The summed E-state index contributed by atoms with van der Waals surface area (Å²) in [5, 5.41) is 9.37. The highest BCUT2D eigenvalue weighted by molar-refractivity contribution is 5.74. The Morgan fingerprint density at radius 1 is 1.45 bits per heavy atom. The van der Waals surface area contributed by atoms with Crippen molar-refractivity contribution in [2.75, 3.05) is 39.3 Å². The van der Waals surface area contributed by atoms with E-state index in [0.717, 1.165) is 45.6 Å². The molecular weight excluding hydrogens is 256 g/mol. The fourth-order valence-electron chi connectivity index (χ4n) is 3.28. The molecule has 2 aliphatic rings. The number of nitrogens with zero attached hydrogens (tertiary/aromatic N) is 2. The van der Waals surface area contributed by atoms with Gasteiger partial charge in [-0.1, -0.05) is 0 Å². The molecule has 1 N–H and O–H groups in total. The van der Waals surface area contributed by atoms with E-state index in [9.17, 15) is 9.90 Å². The molecule has 2 fully saturated rings. The maximum absolute atomic E-state index is 11.4. The lowest BCUT2D eigenvalue weighted by atomic mass is 9.82. The van der Waals surface area contributed by atoms with Crippen LogP contribution in [0.3, 0.4) is 0 Å². The van der Waals surface area contributed by atoms with Gasteiger partial charge in [0.05, 0.1) is 18.1 Å². The quantitative estimate of drug-likeness (QED) is 0.843. The normalized spacial score (nSPS) is 33.5. The average molecular weight is 284 g/mol. The van der Waals surface area contributed by atoms with Crippen LogP contribution in [0.1, 0.15) is 33.6 Å². The van der Waals surface area contributed by atoms with Gasteiger partial charge in [-0.2, -0.15) is 0 Å². The zero-order valence-corrected chi connectivity index (χ0v) is 13.0. The van der Waals surface area contributed by atoms with Crippen molar-refractivity contribution in [3.05, 3.63) is 0 Å². The first-order valence-electron chi connectivity index (χ1n) is 7.72. The molecule has 2 atom stereocenters. The lowest BCUT2D eigenvalue weighted by molar-refractivity contribution is -0.152. The van der Waals surface area contributed by atoms with Gasteiger partial charge in [-0.05, 0) is 40.2 Å². The number of rotatable bonds is 4. The predicted octanol–water partition coefficient (Wildman–Crippen LogP) is 1.28. The smallest absolute Gasteiger partial charge is 0.310 e. The summed E-state index contributed by atoms with van der Waals surface area (Å²) in [4.78, 5) is 16.1. The van der Waals surface area contributed by atoms with Gasteiger partial charge in [-0.25, -0.2) is 0 Å². The highest BCUT2D eigenvalue weighted by atomic mass is 16.5. The van der Waals surface area contributed by atoms with Crippen molar-refractivity contribution >= 4 is 5.97 Å². The highest BCUT2D eigenvalue weighted by Gasteiger charge is 2.38. The Kier molecular flexibility index (Phi) is 5.04. The van der Waals surface area contributed by atoms with Crippen LogP contribution in [0.15, 0.2) is 0 Å². The number of carbonyl (C=O) groups is 1. The van der Waals surface area contributed by atoms with E-state index in [4.69, 9.17) is 4.74 Å². The maximum Gasteiger partial charge on any atom is 0.310 e. The molecular formula is C15H28N2O3. The molecule has 2 rings (SSSR count). The molecule has 0 aromatic carbocycles. The molecule has 2 unspecified atom stereocenters. The molecule has 0 saturated carbocycles. The van der Waals surface area contributed by atoms with Crippen LogP contribution in [0.5, 0.6) is 0 Å². The van der Waals surface area contributed by atoms with E-state index in [1.165, 1.54) is 0 Å². The van der Waals surface area contributed by atoms with Crippen LogP contribution in [0.2, 0.25) is 0 Å². The first-order chi connectivity index (χ1) is 9.40. The van der Waals surface area contributed by atoms with Gasteiger partial charge >= 0.3 is 5.97 Å². The van der Waals surface area contributed by atoms with Crippen LogP contribution in [0, 0.1) is 5.41 Å². The summed E-state index contributed by atoms with van der Waals surface area (Å²) >= 11 is 0. The Balaban J connectivity index is 1.88. The number of carboxylic acid groups (broad SMARTS) is 1. The molecule has 5 heteroatoms. The van der Waals surface area contributed by atoms with Gasteiger partial charge < -0.3 is 9.84 Å². The Hall–Kier alpha value is -0.650. The Bertz CT molecular complexity index is 348. The second-order valence-corrected chi connectivity index (χ2v) is 6.79. The van der Waals surface area contributed by atoms with Crippen LogP contribution in [0.4, 0.5) is 0 Å². The molecule has 2 aliphatic heterocycles.